The predicted octanol–water partition coefficient (Wildman–Crippen LogP) is 0.134. The fourth-order valence-electron chi connectivity index (χ4n) is 1.69. The van der Waals surface area contributed by atoms with Crippen LogP contribution >= 0.6 is 0 Å². The molecule has 0 heterocycles. The van der Waals surface area contributed by atoms with E-state index in [9.17, 15) is 9.59 Å². The molecule has 0 saturated carbocycles. The molecule has 0 saturated heterocycles. The zero-order valence-corrected chi connectivity index (χ0v) is 14.0. The monoisotopic (exact) mass is 299 g/mol. The molecule has 0 aromatic rings. The van der Waals surface area contributed by atoms with Crippen molar-refractivity contribution in [2.24, 2.45) is 5.41 Å². The average Bonchev–Trinajstić information content (AvgIpc) is 2.39. The minimum Gasteiger partial charge on any atom is -0.392 e. The SMILES string of the molecule is CNCC(=O)NC(C(=O)N(C)C/C=C(\C)CO)C(C)(C)C. The van der Waals surface area contributed by atoms with Gasteiger partial charge in [0.05, 0.1) is 13.2 Å². The van der Waals surface area contributed by atoms with E-state index in [1.165, 1.54) is 0 Å². The normalized spacial score (nSPS) is 13.8. The number of carbonyl (C=O) groups is 2. The van der Waals surface area contributed by atoms with Gasteiger partial charge in [0.1, 0.15) is 6.04 Å². The highest BCUT2D eigenvalue weighted by Gasteiger charge is 2.34. The van der Waals surface area contributed by atoms with Gasteiger partial charge in [0.25, 0.3) is 0 Å². The molecule has 0 aliphatic rings. The Morgan fingerprint density at radius 2 is 1.90 bits per heavy atom. The summed E-state index contributed by atoms with van der Waals surface area (Å²) in [5.41, 5.74) is 0.422. The van der Waals surface area contributed by atoms with Crippen LogP contribution in [0.3, 0.4) is 0 Å². The molecule has 21 heavy (non-hydrogen) atoms. The van der Waals surface area contributed by atoms with Gasteiger partial charge in [-0.25, -0.2) is 0 Å². The zero-order valence-electron chi connectivity index (χ0n) is 14.0. The van der Waals surface area contributed by atoms with E-state index in [2.05, 4.69) is 10.6 Å². The summed E-state index contributed by atoms with van der Waals surface area (Å²) < 4.78 is 0. The van der Waals surface area contributed by atoms with E-state index in [1.807, 2.05) is 20.8 Å². The van der Waals surface area contributed by atoms with Crippen LogP contribution in [-0.2, 0) is 9.59 Å². The maximum absolute atomic E-state index is 12.5. The van der Waals surface area contributed by atoms with Crippen molar-refractivity contribution in [3.63, 3.8) is 0 Å². The average molecular weight is 299 g/mol. The lowest BCUT2D eigenvalue weighted by Crippen LogP contribution is -2.55. The first-order chi connectivity index (χ1) is 9.63. The van der Waals surface area contributed by atoms with Crippen molar-refractivity contribution in [3.8, 4) is 0 Å². The summed E-state index contributed by atoms with van der Waals surface area (Å²) in [7, 11) is 3.37. The lowest BCUT2D eigenvalue weighted by molar-refractivity contribution is -0.137. The van der Waals surface area contributed by atoms with Gasteiger partial charge < -0.3 is 20.6 Å². The Morgan fingerprint density at radius 3 is 2.33 bits per heavy atom. The van der Waals surface area contributed by atoms with Crippen LogP contribution in [0.1, 0.15) is 27.7 Å². The Morgan fingerprint density at radius 1 is 1.33 bits per heavy atom. The lowest BCUT2D eigenvalue weighted by Gasteiger charge is -2.33. The van der Waals surface area contributed by atoms with E-state index in [1.54, 1.807) is 32.0 Å². The fraction of sp³-hybridized carbons (Fsp3) is 0.733. The summed E-state index contributed by atoms with van der Waals surface area (Å²) in [6.07, 6.45) is 1.80. The number of aliphatic hydroxyl groups is 1. The standard InChI is InChI=1S/C15H29N3O3/c1-11(10-19)7-8-18(6)14(21)13(15(2,3)4)17-12(20)9-16-5/h7,13,16,19H,8-10H2,1-6H3,(H,17,20)/b11-7+. The van der Waals surface area contributed by atoms with Crippen molar-refractivity contribution in [2.45, 2.75) is 33.7 Å². The van der Waals surface area contributed by atoms with Crippen LogP contribution in [0, 0.1) is 5.41 Å². The highest BCUT2D eigenvalue weighted by atomic mass is 16.3. The second-order valence-corrected chi connectivity index (χ2v) is 6.32. The first-order valence-corrected chi connectivity index (χ1v) is 7.09. The van der Waals surface area contributed by atoms with E-state index in [0.717, 1.165) is 5.57 Å². The van der Waals surface area contributed by atoms with Crippen LogP contribution in [0.5, 0.6) is 0 Å². The lowest BCUT2D eigenvalue weighted by atomic mass is 9.85. The largest absolute Gasteiger partial charge is 0.392 e. The molecule has 0 spiro atoms. The summed E-state index contributed by atoms with van der Waals surface area (Å²) >= 11 is 0. The number of carbonyl (C=O) groups excluding carboxylic acids is 2. The van der Waals surface area contributed by atoms with Gasteiger partial charge in [0.2, 0.25) is 11.8 Å². The molecule has 0 bridgehead atoms. The van der Waals surface area contributed by atoms with Crippen LogP contribution in [-0.4, -0.2) is 61.7 Å². The maximum Gasteiger partial charge on any atom is 0.245 e. The van der Waals surface area contributed by atoms with Crippen LogP contribution in [0.25, 0.3) is 0 Å². The molecule has 0 aromatic carbocycles. The molecule has 0 radical (unpaired) electrons. The van der Waals surface area contributed by atoms with Crippen molar-refractivity contribution in [1.29, 1.82) is 0 Å². The molecule has 1 atom stereocenters. The Hall–Kier alpha value is -1.40. The molecule has 6 nitrogen and oxygen atoms in total. The Balaban J connectivity index is 4.92. The molecular formula is C15H29N3O3. The smallest absolute Gasteiger partial charge is 0.245 e. The summed E-state index contributed by atoms with van der Waals surface area (Å²) in [4.78, 5) is 25.8. The summed E-state index contributed by atoms with van der Waals surface area (Å²) in [6, 6.07) is -0.591. The first kappa shape index (κ1) is 19.6. The Labute approximate surface area is 127 Å². The molecule has 3 N–H and O–H groups in total. The van der Waals surface area contributed by atoms with E-state index in [0.29, 0.717) is 6.54 Å². The third-order valence-corrected chi connectivity index (χ3v) is 3.09. The van der Waals surface area contributed by atoms with Crippen molar-refractivity contribution < 1.29 is 14.7 Å². The maximum atomic E-state index is 12.5. The molecule has 0 aromatic heterocycles. The number of aliphatic hydroxyl groups excluding tert-OH is 1. The van der Waals surface area contributed by atoms with Gasteiger partial charge >= 0.3 is 0 Å². The number of rotatable bonds is 7. The highest BCUT2D eigenvalue weighted by Crippen LogP contribution is 2.21. The number of likely N-dealkylation sites (N-methyl/N-ethyl adjacent to an activating group) is 2. The number of nitrogens with zero attached hydrogens (tertiary/aromatic N) is 1. The number of hydrogen-bond acceptors (Lipinski definition) is 4. The third-order valence-electron chi connectivity index (χ3n) is 3.09. The molecule has 0 rings (SSSR count). The topological polar surface area (TPSA) is 81.7 Å². The molecule has 0 fully saturated rings. The Kier molecular flexibility index (Phi) is 8.21. The van der Waals surface area contributed by atoms with E-state index in [-0.39, 0.29) is 30.4 Å². The number of hydrogen-bond donors (Lipinski definition) is 3. The predicted molar refractivity (Wildman–Crippen MR) is 83.8 cm³/mol. The molecule has 6 heteroatoms. The van der Waals surface area contributed by atoms with Gasteiger partial charge in [-0.1, -0.05) is 32.4 Å². The molecule has 2 amide bonds. The van der Waals surface area contributed by atoms with Gasteiger partial charge in [-0.05, 0) is 19.4 Å². The zero-order chi connectivity index (χ0) is 16.6. The van der Waals surface area contributed by atoms with Gasteiger partial charge in [0, 0.05) is 13.6 Å². The second-order valence-electron chi connectivity index (χ2n) is 6.32. The van der Waals surface area contributed by atoms with Gasteiger partial charge in [-0.15, -0.1) is 0 Å². The van der Waals surface area contributed by atoms with E-state index < -0.39 is 6.04 Å². The van der Waals surface area contributed by atoms with Crippen molar-refractivity contribution in [3.05, 3.63) is 11.6 Å². The fourth-order valence-corrected chi connectivity index (χ4v) is 1.69. The molecule has 0 aliphatic carbocycles. The van der Waals surface area contributed by atoms with Gasteiger partial charge in [0.15, 0.2) is 0 Å². The van der Waals surface area contributed by atoms with Crippen molar-refractivity contribution in [2.75, 3.05) is 33.8 Å². The highest BCUT2D eigenvalue weighted by molar-refractivity contribution is 5.88. The van der Waals surface area contributed by atoms with Crippen LogP contribution in [0.2, 0.25) is 0 Å². The second kappa shape index (κ2) is 8.79. The van der Waals surface area contributed by atoms with E-state index >= 15 is 0 Å². The number of nitrogens with one attached hydrogen (secondary N) is 2. The summed E-state index contributed by atoms with van der Waals surface area (Å²) in [5, 5.41) is 14.5. The third kappa shape index (κ3) is 7.24. The van der Waals surface area contributed by atoms with Crippen LogP contribution in [0.15, 0.2) is 11.6 Å². The van der Waals surface area contributed by atoms with Crippen LogP contribution < -0.4 is 10.6 Å². The molecular weight excluding hydrogens is 270 g/mol. The van der Waals surface area contributed by atoms with Crippen molar-refractivity contribution >= 4 is 11.8 Å². The Bertz CT molecular complexity index is 386. The number of amides is 2. The quantitative estimate of drug-likeness (QED) is 0.584. The minimum absolute atomic E-state index is 0.0242. The van der Waals surface area contributed by atoms with Gasteiger partial charge in [-0.3, -0.25) is 9.59 Å². The first-order valence-electron chi connectivity index (χ1n) is 7.09. The van der Waals surface area contributed by atoms with Crippen molar-refractivity contribution in [1.82, 2.24) is 15.5 Å². The summed E-state index contributed by atoms with van der Waals surface area (Å²) in [6.45, 7) is 8.10. The molecule has 0 aliphatic heterocycles. The van der Waals surface area contributed by atoms with E-state index in [4.69, 9.17) is 5.11 Å². The van der Waals surface area contributed by atoms with Crippen LogP contribution in [0.4, 0.5) is 0 Å². The van der Waals surface area contributed by atoms with Gasteiger partial charge in [-0.2, -0.15) is 0 Å². The molecule has 122 valence electrons. The molecule has 1 unspecified atom stereocenters. The minimum atomic E-state index is -0.591. The summed E-state index contributed by atoms with van der Waals surface area (Å²) in [5.74, 6) is -0.352.